The van der Waals surface area contributed by atoms with Gasteiger partial charge in [0.15, 0.2) is 0 Å². The van der Waals surface area contributed by atoms with Gasteiger partial charge in [0.05, 0.1) is 0 Å². The summed E-state index contributed by atoms with van der Waals surface area (Å²) < 4.78 is 0. The first-order valence-electron chi connectivity index (χ1n) is 5.20. The molecule has 0 nitrogen and oxygen atoms in total. The molecule has 0 aromatic rings. The van der Waals surface area contributed by atoms with Crippen molar-refractivity contribution in [3.05, 3.63) is 6.92 Å². The maximum Gasteiger partial charge on any atom is -0.0371 e. The maximum atomic E-state index is 4.32. The molecule has 0 saturated heterocycles. The fraction of sp³-hybridized carbons (Fsp3) is 0.917. The predicted octanol–water partition coefficient (Wildman–Crippen LogP) is 4.06. The summed E-state index contributed by atoms with van der Waals surface area (Å²) in [5.41, 5.74) is 0.859. The van der Waals surface area contributed by atoms with Crippen molar-refractivity contribution in [2.45, 2.75) is 53.4 Å². The lowest BCUT2D eigenvalue weighted by Crippen LogP contribution is -2.33. The molecule has 0 heterocycles. The van der Waals surface area contributed by atoms with Crippen molar-refractivity contribution in [1.82, 2.24) is 0 Å². The minimum absolute atomic E-state index is 0.336. The van der Waals surface area contributed by atoms with Gasteiger partial charge in [-0.2, -0.15) is 5.41 Å². The van der Waals surface area contributed by atoms with Crippen LogP contribution in [0.4, 0.5) is 0 Å². The highest BCUT2D eigenvalue weighted by atomic mass is 14.4. The summed E-state index contributed by atoms with van der Waals surface area (Å²) in [6, 6.07) is 0. The van der Waals surface area contributed by atoms with Gasteiger partial charge in [0.25, 0.3) is 0 Å². The van der Waals surface area contributed by atoms with Crippen LogP contribution in [0.5, 0.6) is 0 Å². The first-order chi connectivity index (χ1) is 5.35. The molecule has 12 heavy (non-hydrogen) atoms. The Hall–Kier alpha value is 0. The molecule has 1 saturated carbocycles. The molecule has 0 amide bonds. The Labute approximate surface area is 77.7 Å². The quantitative estimate of drug-likeness (QED) is 0.517. The van der Waals surface area contributed by atoms with Crippen molar-refractivity contribution < 1.29 is 0 Å². The highest BCUT2D eigenvalue weighted by molar-refractivity contribution is 4.92. The van der Waals surface area contributed by atoms with Gasteiger partial charge in [0, 0.05) is 0 Å². The van der Waals surface area contributed by atoms with Crippen LogP contribution < -0.4 is 0 Å². The van der Waals surface area contributed by atoms with E-state index in [0.29, 0.717) is 10.8 Å². The zero-order valence-electron chi connectivity index (χ0n) is 9.11. The zero-order valence-corrected chi connectivity index (χ0v) is 9.11. The molecule has 0 aromatic heterocycles. The van der Waals surface area contributed by atoms with Crippen molar-refractivity contribution in [3.8, 4) is 0 Å². The van der Waals surface area contributed by atoms with Crippen LogP contribution in [-0.4, -0.2) is 0 Å². The fourth-order valence-electron chi connectivity index (χ4n) is 3.14. The molecule has 72 valence electrons. The average Bonchev–Trinajstić information content (AvgIpc) is 1.80. The van der Waals surface area contributed by atoms with E-state index in [9.17, 15) is 0 Å². The Balaban J connectivity index is 2.66. The lowest BCUT2D eigenvalue weighted by molar-refractivity contribution is 0.0836. The third kappa shape index (κ3) is 2.50. The van der Waals surface area contributed by atoms with Crippen molar-refractivity contribution in [3.63, 3.8) is 0 Å². The van der Waals surface area contributed by atoms with Crippen LogP contribution in [0.3, 0.4) is 0 Å². The van der Waals surface area contributed by atoms with E-state index < -0.39 is 0 Å². The summed E-state index contributed by atoms with van der Waals surface area (Å²) in [4.78, 5) is 0. The molecule has 0 radical (unpaired) electrons. The van der Waals surface area contributed by atoms with Crippen molar-refractivity contribution in [2.24, 2.45) is 16.7 Å². The van der Waals surface area contributed by atoms with Gasteiger partial charge >= 0.3 is 0 Å². The molecule has 1 fully saturated rings. The molecule has 0 spiro atoms. The van der Waals surface area contributed by atoms with Gasteiger partial charge in [0.1, 0.15) is 0 Å². The Kier molecular flexibility index (Phi) is 2.56. The van der Waals surface area contributed by atoms with Crippen LogP contribution in [-0.2, 0) is 0 Å². The molecule has 2 atom stereocenters. The van der Waals surface area contributed by atoms with Gasteiger partial charge in [-0.25, -0.2) is 0 Å². The standard InChI is InChI=1S/C12H23/c1-6-10-7-11(2,3)9-12(4,5)8-10/h10H,2,6-9H2,1,3-5H3/q-1. The fourth-order valence-corrected chi connectivity index (χ4v) is 3.14. The molecule has 1 aliphatic rings. The van der Waals surface area contributed by atoms with Crippen molar-refractivity contribution >= 4 is 0 Å². The second-order valence-corrected chi connectivity index (χ2v) is 5.83. The SMILES string of the molecule is [CH2-]C1(C)CC(CC)CC(C)(C)C1. The summed E-state index contributed by atoms with van der Waals surface area (Å²) in [6.07, 6.45) is 5.34. The number of hydrogen-bond acceptors (Lipinski definition) is 0. The molecule has 0 aromatic carbocycles. The maximum absolute atomic E-state index is 4.32. The van der Waals surface area contributed by atoms with E-state index in [1.807, 2.05) is 0 Å². The normalized spacial score (nSPS) is 41.2. The van der Waals surface area contributed by atoms with Gasteiger partial charge in [-0.05, 0) is 17.8 Å². The van der Waals surface area contributed by atoms with Crippen LogP contribution in [0.1, 0.15) is 53.4 Å². The Morgan fingerprint density at radius 2 is 1.83 bits per heavy atom. The third-order valence-electron chi connectivity index (χ3n) is 3.11. The Morgan fingerprint density at radius 1 is 1.25 bits per heavy atom. The van der Waals surface area contributed by atoms with Crippen LogP contribution in [0, 0.1) is 23.7 Å². The molecule has 0 N–H and O–H groups in total. The lowest BCUT2D eigenvalue weighted by atomic mass is 9.61. The first-order valence-corrected chi connectivity index (χ1v) is 5.20. The van der Waals surface area contributed by atoms with E-state index >= 15 is 0 Å². The van der Waals surface area contributed by atoms with Gasteiger partial charge < -0.3 is 6.92 Å². The molecule has 0 bridgehead atoms. The number of hydrogen-bond donors (Lipinski definition) is 0. The average molecular weight is 167 g/mol. The smallest absolute Gasteiger partial charge is 0.0371 e. The van der Waals surface area contributed by atoms with E-state index in [-0.39, 0.29) is 0 Å². The monoisotopic (exact) mass is 167 g/mol. The Morgan fingerprint density at radius 3 is 2.25 bits per heavy atom. The molecule has 0 heteroatoms. The van der Waals surface area contributed by atoms with Crippen molar-refractivity contribution in [2.75, 3.05) is 0 Å². The largest absolute Gasteiger partial charge is 0.337 e. The summed E-state index contributed by atoms with van der Waals surface area (Å²) in [6.45, 7) is 13.7. The van der Waals surface area contributed by atoms with Crippen LogP contribution in [0.15, 0.2) is 0 Å². The van der Waals surface area contributed by atoms with Gasteiger partial charge in [0.2, 0.25) is 0 Å². The molecular formula is C12H23-. The summed E-state index contributed by atoms with van der Waals surface area (Å²) in [5.74, 6) is 0.913. The topological polar surface area (TPSA) is 0 Å². The van der Waals surface area contributed by atoms with Gasteiger partial charge in [-0.15, -0.1) is 0 Å². The van der Waals surface area contributed by atoms with Crippen molar-refractivity contribution in [1.29, 1.82) is 0 Å². The lowest BCUT2D eigenvalue weighted by Gasteiger charge is -2.49. The summed E-state index contributed by atoms with van der Waals surface area (Å²) in [7, 11) is 0. The molecular weight excluding hydrogens is 144 g/mol. The molecule has 2 unspecified atom stereocenters. The van der Waals surface area contributed by atoms with Crippen LogP contribution >= 0.6 is 0 Å². The predicted molar refractivity (Wildman–Crippen MR) is 54.9 cm³/mol. The zero-order chi connectivity index (χ0) is 9.41. The third-order valence-corrected chi connectivity index (χ3v) is 3.11. The van der Waals surface area contributed by atoms with Gasteiger partial charge in [-0.3, -0.25) is 0 Å². The van der Waals surface area contributed by atoms with Crippen LogP contribution in [0.25, 0.3) is 0 Å². The van der Waals surface area contributed by atoms with E-state index in [4.69, 9.17) is 0 Å². The van der Waals surface area contributed by atoms with Crippen LogP contribution in [0.2, 0.25) is 0 Å². The minimum atomic E-state index is 0.336. The van der Waals surface area contributed by atoms with E-state index in [1.165, 1.54) is 25.7 Å². The van der Waals surface area contributed by atoms with E-state index in [1.54, 1.807) is 0 Å². The van der Waals surface area contributed by atoms with E-state index in [0.717, 1.165) is 5.92 Å². The number of rotatable bonds is 1. The molecule has 0 aliphatic heterocycles. The molecule has 1 rings (SSSR count). The second-order valence-electron chi connectivity index (χ2n) is 5.83. The minimum Gasteiger partial charge on any atom is -0.337 e. The van der Waals surface area contributed by atoms with Gasteiger partial charge in [-0.1, -0.05) is 47.0 Å². The first kappa shape index (κ1) is 10.1. The Bertz CT molecular complexity index is 137. The highest BCUT2D eigenvalue weighted by Crippen LogP contribution is 2.48. The van der Waals surface area contributed by atoms with E-state index in [2.05, 4.69) is 34.6 Å². The highest BCUT2D eigenvalue weighted by Gasteiger charge is 2.33. The molecule has 1 aliphatic carbocycles. The summed E-state index contributed by atoms with van der Waals surface area (Å²) >= 11 is 0. The summed E-state index contributed by atoms with van der Waals surface area (Å²) in [5, 5.41) is 0. The second kappa shape index (κ2) is 3.05.